The minimum absolute atomic E-state index is 0.0462. The van der Waals surface area contributed by atoms with Crippen LogP contribution in [0, 0.1) is 18.3 Å². The Bertz CT molecular complexity index is 884. The number of amides is 1. The predicted molar refractivity (Wildman–Crippen MR) is 106 cm³/mol. The van der Waals surface area contributed by atoms with E-state index >= 15 is 0 Å². The zero-order valence-corrected chi connectivity index (χ0v) is 16.6. The molecule has 2 aromatic rings. The second-order valence-electron chi connectivity index (χ2n) is 5.63. The first kappa shape index (κ1) is 21.0. The van der Waals surface area contributed by atoms with Crippen molar-refractivity contribution in [2.45, 2.75) is 20.3 Å². The van der Waals surface area contributed by atoms with Crippen LogP contribution in [0.4, 0.5) is 0 Å². The van der Waals surface area contributed by atoms with Gasteiger partial charge in [-0.25, -0.2) is 4.68 Å². The smallest absolute Gasteiger partial charge is 0.261 e. The van der Waals surface area contributed by atoms with Crippen molar-refractivity contribution < 1.29 is 9.53 Å². The number of carbonyl (C=O) groups excluding carboxylic acids is 1. The lowest BCUT2D eigenvalue weighted by Gasteiger charge is -2.05. The molecule has 142 valence electrons. The summed E-state index contributed by atoms with van der Waals surface area (Å²) in [5.74, 6) is -0.463. The average Bonchev–Trinajstić information content (AvgIpc) is 2.93. The highest BCUT2D eigenvalue weighted by Crippen LogP contribution is 2.28. The quantitative estimate of drug-likeness (QED) is 0.409. The monoisotopic (exact) mass is 406 g/mol. The molecule has 0 spiro atoms. The lowest BCUT2D eigenvalue weighted by atomic mass is 10.1. The number of halogens is 2. The summed E-state index contributed by atoms with van der Waals surface area (Å²) in [5, 5.41) is 17.2. The van der Waals surface area contributed by atoms with E-state index in [9.17, 15) is 10.1 Å². The van der Waals surface area contributed by atoms with Crippen molar-refractivity contribution in [2.75, 3.05) is 19.8 Å². The number of ether oxygens (including phenoxy) is 1. The van der Waals surface area contributed by atoms with Crippen molar-refractivity contribution in [2.24, 2.45) is 0 Å². The molecule has 8 heteroatoms. The van der Waals surface area contributed by atoms with Crippen LogP contribution < -0.4 is 5.32 Å². The second-order valence-corrected chi connectivity index (χ2v) is 6.39. The highest BCUT2D eigenvalue weighted by molar-refractivity contribution is 6.33. The van der Waals surface area contributed by atoms with Crippen molar-refractivity contribution in [1.29, 1.82) is 5.26 Å². The van der Waals surface area contributed by atoms with Crippen molar-refractivity contribution in [1.82, 2.24) is 15.1 Å². The minimum atomic E-state index is -0.463. The number of carbonyl (C=O) groups is 1. The summed E-state index contributed by atoms with van der Waals surface area (Å²) in [6, 6.07) is 9.05. The Morgan fingerprint density at radius 3 is 2.81 bits per heavy atom. The molecule has 1 aromatic carbocycles. The van der Waals surface area contributed by atoms with Gasteiger partial charge in [-0.2, -0.15) is 10.4 Å². The maximum absolute atomic E-state index is 12.2. The number of benzene rings is 1. The summed E-state index contributed by atoms with van der Waals surface area (Å²) in [7, 11) is 0. The van der Waals surface area contributed by atoms with Crippen LogP contribution in [-0.4, -0.2) is 35.4 Å². The number of nitriles is 1. The van der Waals surface area contributed by atoms with Crippen LogP contribution in [0.1, 0.15) is 24.6 Å². The molecular formula is C19H20Cl2N4O2. The van der Waals surface area contributed by atoms with Crippen LogP contribution in [0.15, 0.2) is 29.8 Å². The van der Waals surface area contributed by atoms with Gasteiger partial charge in [0, 0.05) is 25.3 Å². The zero-order chi connectivity index (χ0) is 19.8. The van der Waals surface area contributed by atoms with Crippen LogP contribution in [-0.2, 0) is 9.53 Å². The summed E-state index contributed by atoms with van der Waals surface area (Å²) in [6.07, 6.45) is 2.11. The average molecular weight is 407 g/mol. The van der Waals surface area contributed by atoms with Gasteiger partial charge in [-0.05, 0) is 38.5 Å². The van der Waals surface area contributed by atoms with Gasteiger partial charge in [0.15, 0.2) is 0 Å². The Morgan fingerprint density at radius 1 is 1.41 bits per heavy atom. The molecule has 0 aliphatic heterocycles. The zero-order valence-electron chi connectivity index (χ0n) is 15.1. The van der Waals surface area contributed by atoms with Crippen LogP contribution in [0.25, 0.3) is 11.8 Å². The number of hydrogen-bond acceptors (Lipinski definition) is 4. The molecule has 0 aliphatic rings. The van der Waals surface area contributed by atoms with E-state index in [0.717, 1.165) is 0 Å². The molecular weight excluding hydrogens is 387 g/mol. The topological polar surface area (TPSA) is 79.9 Å². The maximum Gasteiger partial charge on any atom is 0.261 e. The summed E-state index contributed by atoms with van der Waals surface area (Å²) in [4.78, 5) is 12.2. The number of hydrogen-bond donors (Lipinski definition) is 1. The molecule has 2 rings (SSSR count). The summed E-state index contributed by atoms with van der Waals surface area (Å²) in [5.41, 5.74) is 1.65. The van der Waals surface area contributed by atoms with Gasteiger partial charge < -0.3 is 10.1 Å². The molecule has 0 bridgehead atoms. The number of nitrogens with zero attached hydrogens (tertiary/aromatic N) is 3. The second kappa shape index (κ2) is 10.1. The predicted octanol–water partition coefficient (Wildman–Crippen LogP) is 3.94. The molecule has 6 nitrogen and oxygen atoms in total. The molecule has 1 N–H and O–H groups in total. The van der Waals surface area contributed by atoms with Gasteiger partial charge in [0.25, 0.3) is 5.91 Å². The molecule has 0 fully saturated rings. The van der Waals surface area contributed by atoms with Gasteiger partial charge in [-0.1, -0.05) is 35.3 Å². The van der Waals surface area contributed by atoms with Gasteiger partial charge in [0.05, 0.1) is 16.4 Å². The molecule has 0 saturated carbocycles. The SMILES string of the molecule is CCOCCCNC(=O)/C(C#N)=C/c1c(C)nn(-c2ccccc2Cl)c1Cl. The summed E-state index contributed by atoms with van der Waals surface area (Å²) >= 11 is 12.7. The Morgan fingerprint density at radius 2 is 2.15 bits per heavy atom. The number of rotatable bonds is 8. The molecule has 0 saturated heterocycles. The lowest BCUT2D eigenvalue weighted by molar-refractivity contribution is -0.117. The van der Waals surface area contributed by atoms with Crippen LogP contribution in [0.5, 0.6) is 0 Å². The normalized spacial score (nSPS) is 11.3. The van der Waals surface area contributed by atoms with Crippen molar-refractivity contribution in [3.8, 4) is 11.8 Å². The fraction of sp³-hybridized carbons (Fsp3) is 0.316. The molecule has 1 aromatic heterocycles. The van der Waals surface area contributed by atoms with E-state index in [1.165, 1.54) is 10.8 Å². The van der Waals surface area contributed by atoms with Crippen LogP contribution >= 0.6 is 23.2 Å². The van der Waals surface area contributed by atoms with Crippen molar-refractivity contribution in [3.05, 3.63) is 51.3 Å². The molecule has 27 heavy (non-hydrogen) atoms. The fourth-order valence-electron chi connectivity index (χ4n) is 2.37. The van der Waals surface area contributed by atoms with Crippen LogP contribution in [0.3, 0.4) is 0 Å². The lowest BCUT2D eigenvalue weighted by Crippen LogP contribution is -2.26. The van der Waals surface area contributed by atoms with Crippen LogP contribution in [0.2, 0.25) is 10.2 Å². The summed E-state index contributed by atoms with van der Waals surface area (Å²) in [6.45, 7) is 5.26. The van der Waals surface area contributed by atoms with Gasteiger partial charge in [0.2, 0.25) is 0 Å². The Kier molecular flexibility index (Phi) is 7.86. The Labute approximate surface area is 168 Å². The van der Waals surface area contributed by atoms with Crippen molar-refractivity contribution >= 4 is 35.2 Å². The van der Waals surface area contributed by atoms with Gasteiger partial charge >= 0.3 is 0 Å². The third-order valence-corrected chi connectivity index (χ3v) is 4.42. The third-order valence-electron chi connectivity index (χ3n) is 3.74. The van der Waals surface area contributed by atoms with E-state index in [2.05, 4.69) is 10.4 Å². The number of para-hydroxylation sites is 1. The van der Waals surface area contributed by atoms with Gasteiger partial charge in [-0.15, -0.1) is 0 Å². The first-order chi connectivity index (χ1) is 13.0. The molecule has 0 unspecified atom stereocenters. The molecule has 0 aliphatic carbocycles. The third kappa shape index (κ3) is 5.33. The fourth-order valence-corrected chi connectivity index (χ4v) is 2.90. The molecule has 0 atom stereocenters. The van der Waals surface area contributed by atoms with Gasteiger partial charge in [-0.3, -0.25) is 4.79 Å². The number of nitrogens with one attached hydrogen (secondary N) is 1. The molecule has 0 radical (unpaired) electrons. The largest absolute Gasteiger partial charge is 0.382 e. The highest BCUT2D eigenvalue weighted by Gasteiger charge is 2.17. The molecule has 1 heterocycles. The number of aryl methyl sites for hydroxylation is 1. The Balaban J connectivity index is 2.23. The van der Waals surface area contributed by atoms with E-state index in [1.807, 2.05) is 19.1 Å². The van der Waals surface area contributed by atoms with Crippen molar-refractivity contribution in [3.63, 3.8) is 0 Å². The van der Waals surface area contributed by atoms with E-state index in [0.29, 0.717) is 48.1 Å². The van der Waals surface area contributed by atoms with E-state index < -0.39 is 5.91 Å². The number of aromatic nitrogens is 2. The first-order valence-electron chi connectivity index (χ1n) is 8.47. The van der Waals surface area contributed by atoms with Gasteiger partial charge in [0.1, 0.15) is 16.8 Å². The summed E-state index contributed by atoms with van der Waals surface area (Å²) < 4.78 is 6.70. The Hall–Kier alpha value is -2.33. The van der Waals surface area contributed by atoms with E-state index in [-0.39, 0.29) is 10.7 Å². The molecule has 1 amide bonds. The van der Waals surface area contributed by atoms with E-state index in [1.54, 1.807) is 25.1 Å². The highest BCUT2D eigenvalue weighted by atomic mass is 35.5. The minimum Gasteiger partial charge on any atom is -0.382 e. The van der Waals surface area contributed by atoms with E-state index in [4.69, 9.17) is 27.9 Å². The maximum atomic E-state index is 12.2. The first-order valence-corrected chi connectivity index (χ1v) is 9.23. The standard InChI is InChI=1S/C19H20Cl2N4O2/c1-3-27-10-6-9-23-19(26)14(12-22)11-15-13(2)24-25(18(15)21)17-8-5-4-7-16(17)20/h4-5,7-8,11H,3,6,9-10H2,1-2H3,(H,23,26)/b14-11+.